The largest absolute Gasteiger partial charge is 0.455 e. The fourth-order valence-electron chi connectivity index (χ4n) is 2.48. The molecule has 29 heavy (non-hydrogen) atoms. The highest BCUT2D eigenvalue weighted by Crippen LogP contribution is 2.36. The highest BCUT2D eigenvalue weighted by molar-refractivity contribution is 7.17. The Balaban J connectivity index is 1.69. The number of carbonyl (C=O) groups is 3. The molecule has 2 aromatic heterocycles. The van der Waals surface area contributed by atoms with Gasteiger partial charge in [0, 0.05) is 17.0 Å². The summed E-state index contributed by atoms with van der Waals surface area (Å²) in [6, 6.07) is 13.0. The van der Waals surface area contributed by atoms with Crippen molar-refractivity contribution in [2.45, 2.75) is 13.3 Å². The van der Waals surface area contributed by atoms with Crippen LogP contribution in [0, 0.1) is 0 Å². The number of amides is 3. The van der Waals surface area contributed by atoms with Crippen LogP contribution in [0.5, 0.6) is 0 Å². The molecule has 150 valence electrons. The Kier molecular flexibility index (Phi) is 7.09. The lowest BCUT2D eigenvalue weighted by atomic mass is 10.2. The summed E-state index contributed by atoms with van der Waals surface area (Å²) in [5.41, 5.74) is 1.71. The van der Waals surface area contributed by atoms with Gasteiger partial charge in [-0.25, -0.2) is 9.78 Å². The number of thiophene rings is 1. The van der Waals surface area contributed by atoms with Crippen LogP contribution in [0.1, 0.15) is 11.8 Å². The molecule has 3 amide bonds. The van der Waals surface area contributed by atoms with Crippen molar-refractivity contribution < 1.29 is 19.1 Å². The molecular formula is C20H19N3O4S2. The van der Waals surface area contributed by atoms with Crippen molar-refractivity contribution in [2.75, 3.05) is 13.2 Å². The van der Waals surface area contributed by atoms with E-state index in [1.165, 1.54) is 22.7 Å². The molecule has 0 aliphatic carbocycles. The second-order valence-corrected chi connectivity index (χ2v) is 7.91. The topological polar surface area (TPSA) is 97.4 Å². The molecule has 0 bridgehead atoms. The number of ether oxygens (including phenoxy) is 1. The summed E-state index contributed by atoms with van der Waals surface area (Å²) in [5, 5.41) is 7.27. The number of hydrogen-bond acceptors (Lipinski definition) is 7. The SMILES string of the molecule is CCNC(=O)NC(=O)COC(=O)Cc1sc(-c2ccccc2)nc1-c1cccs1. The Hall–Kier alpha value is -3.04. The molecule has 0 radical (unpaired) electrons. The number of benzene rings is 1. The van der Waals surface area contributed by atoms with Gasteiger partial charge in [-0.2, -0.15) is 0 Å². The van der Waals surface area contributed by atoms with Gasteiger partial charge < -0.3 is 10.1 Å². The first-order valence-corrected chi connectivity index (χ1v) is 10.6. The molecule has 0 aliphatic rings. The van der Waals surface area contributed by atoms with E-state index in [-0.39, 0.29) is 6.42 Å². The molecule has 0 unspecified atom stereocenters. The van der Waals surface area contributed by atoms with Gasteiger partial charge in [-0.15, -0.1) is 22.7 Å². The molecule has 7 nitrogen and oxygen atoms in total. The number of nitrogens with one attached hydrogen (secondary N) is 2. The highest BCUT2D eigenvalue weighted by Gasteiger charge is 2.19. The van der Waals surface area contributed by atoms with Crippen molar-refractivity contribution in [1.29, 1.82) is 0 Å². The first-order valence-electron chi connectivity index (χ1n) is 8.89. The number of imide groups is 1. The third kappa shape index (κ3) is 5.72. The molecule has 2 N–H and O–H groups in total. The van der Waals surface area contributed by atoms with Crippen LogP contribution in [-0.2, 0) is 20.7 Å². The van der Waals surface area contributed by atoms with Gasteiger partial charge in [0.05, 0.1) is 17.0 Å². The molecule has 1 aromatic carbocycles. The van der Waals surface area contributed by atoms with E-state index in [0.29, 0.717) is 6.54 Å². The highest BCUT2D eigenvalue weighted by atomic mass is 32.1. The molecule has 0 saturated heterocycles. The monoisotopic (exact) mass is 429 g/mol. The summed E-state index contributed by atoms with van der Waals surface area (Å²) < 4.78 is 5.03. The molecule has 3 aromatic rings. The number of thiazole rings is 1. The van der Waals surface area contributed by atoms with Crippen molar-refractivity contribution in [2.24, 2.45) is 0 Å². The predicted octanol–water partition coefficient (Wildman–Crippen LogP) is 3.47. The van der Waals surface area contributed by atoms with E-state index >= 15 is 0 Å². The molecule has 2 heterocycles. The number of esters is 1. The number of carbonyl (C=O) groups excluding carboxylic acids is 3. The Morgan fingerprint density at radius 2 is 1.90 bits per heavy atom. The van der Waals surface area contributed by atoms with Crippen LogP contribution in [0.4, 0.5) is 4.79 Å². The maximum absolute atomic E-state index is 12.3. The summed E-state index contributed by atoms with van der Waals surface area (Å²) in [6.45, 7) is 1.60. The maximum atomic E-state index is 12.3. The summed E-state index contributed by atoms with van der Waals surface area (Å²) in [5.74, 6) is -1.24. The number of aromatic nitrogens is 1. The van der Waals surface area contributed by atoms with Gasteiger partial charge in [0.1, 0.15) is 5.01 Å². The van der Waals surface area contributed by atoms with Crippen LogP contribution in [-0.4, -0.2) is 36.0 Å². The third-order valence-corrected chi connectivity index (χ3v) is 5.71. The van der Waals surface area contributed by atoms with Crippen molar-refractivity contribution in [3.8, 4) is 21.1 Å². The first kappa shape index (κ1) is 20.7. The first-order chi connectivity index (χ1) is 14.1. The van der Waals surface area contributed by atoms with Crippen LogP contribution in [0.15, 0.2) is 47.8 Å². The lowest BCUT2D eigenvalue weighted by Gasteiger charge is -2.06. The third-order valence-electron chi connectivity index (χ3n) is 3.73. The number of rotatable bonds is 7. The molecule has 0 aliphatic heterocycles. The Morgan fingerprint density at radius 1 is 1.10 bits per heavy atom. The summed E-state index contributed by atoms with van der Waals surface area (Å²) >= 11 is 2.96. The molecular weight excluding hydrogens is 410 g/mol. The van der Waals surface area contributed by atoms with Crippen molar-refractivity contribution in [3.05, 3.63) is 52.7 Å². The van der Waals surface area contributed by atoms with Crippen LogP contribution < -0.4 is 10.6 Å². The van der Waals surface area contributed by atoms with E-state index in [9.17, 15) is 14.4 Å². The summed E-state index contributed by atoms with van der Waals surface area (Å²) in [4.78, 5) is 41.7. The second-order valence-electron chi connectivity index (χ2n) is 5.88. The summed E-state index contributed by atoms with van der Waals surface area (Å²) in [7, 11) is 0. The van der Waals surface area contributed by atoms with Crippen LogP contribution >= 0.6 is 22.7 Å². The van der Waals surface area contributed by atoms with E-state index in [1.807, 2.05) is 47.8 Å². The normalized spacial score (nSPS) is 10.4. The lowest BCUT2D eigenvalue weighted by Crippen LogP contribution is -2.41. The standard InChI is InChI=1S/C20H19N3O4S2/c1-2-21-20(26)22-16(24)12-27-17(25)11-15-18(14-9-6-10-28-14)23-19(29-15)13-7-4-3-5-8-13/h3-10H,2,11-12H2,1H3,(H2,21,22,24,26). The van der Waals surface area contributed by atoms with E-state index < -0.39 is 24.5 Å². The van der Waals surface area contributed by atoms with Crippen molar-refractivity contribution in [1.82, 2.24) is 15.6 Å². The number of nitrogens with zero attached hydrogens (tertiary/aromatic N) is 1. The predicted molar refractivity (Wildman–Crippen MR) is 113 cm³/mol. The van der Waals surface area contributed by atoms with E-state index in [4.69, 9.17) is 9.72 Å². The number of hydrogen-bond donors (Lipinski definition) is 2. The van der Waals surface area contributed by atoms with Crippen molar-refractivity contribution >= 4 is 40.6 Å². The number of urea groups is 1. The Morgan fingerprint density at radius 3 is 2.59 bits per heavy atom. The molecule has 0 saturated carbocycles. The zero-order valence-corrected chi connectivity index (χ0v) is 17.3. The average molecular weight is 430 g/mol. The zero-order chi connectivity index (χ0) is 20.6. The Labute approximate surface area is 175 Å². The van der Waals surface area contributed by atoms with Gasteiger partial charge in [-0.1, -0.05) is 36.4 Å². The quantitative estimate of drug-likeness (QED) is 0.561. The van der Waals surface area contributed by atoms with Gasteiger partial charge in [0.25, 0.3) is 5.91 Å². The van der Waals surface area contributed by atoms with Crippen LogP contribution in [0.3, 0.4) is 0 Å². The molecule has 0 spiro atoms. The van der Waals surface area contributed by atoms with E-state index in [2.05, 4.69) is 10.6 Å². The van der Waals surface area contributed by atoms with Gasteiger partial charge in [0.2, 0.25) is 0 Å². The minimum Gasteiger partial charge on any atom is -0.455 e. The fraction of sp³-hybridized carbons (Fsp3) is 0.200. The maximum Gasteiger partial charge on any atom is 0.321 e. The van der Waals surface area contributed by atoms with Crippen LogP contribution in [0.2, 0.25) is 0 Å². The van der Waals surface area contributed by atoms with Crippen molar-refractivity contribution in [3.63, 3.8) is 0 Å². The Bertz CT molecular complexity index is 985. The minimum absolute atomic E-state index is 0.00777. The zero-order valence-electron chi connectivity index (χ0n) is 15.6. The fourth-order valence-corrected chi connectivity index (χ4v) is 4.35. The van der Waals surface area contributed by atoms with Gasteiger partial charge in [-0.05, 0) is 18.4 Å². The van der Waals surface area contributed by atoms with Gasteiger partial charge in [0.15, 0.2) is 6.61 Å². The second kappa shape index (κ2) is 9.94. The average Bonchev–Trinajstić information content (AvgIpc) is 3.37. The molecule has 9 heteroatoms. The lowest BCUT2D eigenvalue weighted by molar-refractivity contribution is -0.147. The molecule has 0 atom stereocenters. The summed E-state index contributed by atoms with van der Waals surface area (Å²) in [6.07, 6.45) is -0.00777. The van der Waals surface area contributed by atoms with Gasteiger partial charge >= 0.3 is 12.0 Å². The smallest absolute Gasteiger partial charge is 0.321 e. The molecule has 3 rings (SSSR count). The van der Waals surface area contributed by atoms with E-state index in [1.54, 1.807) is 6.92 Å². The van der Waals surface area contributed by atoms with Gasteiger partial charge in [-0.3, -0.25) is 14.9 Å². The van der Waals surface area contributed by atoms with E-state index in [0.717, 1.165) is 26.0 Å². The molecule has 0 fully saturated rings. The van der Waals surface area contributed by atoms with Crippen LogP contribution in [0.25, 0.3) is 21.1 Å². The minimum atomic E-state index is -0.683.